The normalized spacial score (nSPS) is 16.7. The average Bonchev–Trinajstić information content (AvgIpc) is 3.17. The molecular formula is C18H24Cl2N4O2S. The third kappa shape index (κ3) is 5.45. The summed E-state index contributed by atoms with van der Waals surface area (Å²) in [6.07, 6.45) is 7.13. The second-order valence-electron chi connectivity index (χ2n) is 6.65. The molecule has 0 bridgehead atoms. The minimum absolute atomic E-state index is 0.198. The molecule has 0 radical (unpaired) electrons. The second-order valence-corrected chi connectivity index (χ2v) is 9.40. The molecular weight excluding hydrogens is 407 g/mol. The summed E-state index contributed by atoms with van der Waals surface area (Å²) in [5, 5.41) is 4.81. The third-order valence-corrected chi connectivity index (χ3v) is 7.41. The van der Waals surface area contributed by atoms with Crippen LogP contribution in [0.15, 0.2) is 41.6 Å². The smallest absolute Gasteiger partial charge is 0.243 e. The lowest BCUT2D eigenvalue weighted by Crippen LogP contribution is -2.48. The number of nitrogens with zero attached hydrogens (tertiary/aromatic N) is 4. The Hall–Kier alpha value is -1.12. The monoisotopic (exact) mass is 430 g/mol. The van der Waals surface area contributed by atoms with E-state index in [2.05, 4.69) is 10.00 Å². The van der Waals surface area contributed by atoms with Crippen LogP contribution < -0.4 is 0 Å². The Morgan fingerprint density at radius 1 is 0.963 bits per heavy atom. The van der Waals surface area contributed by atoms with Crippen LogP contribution in [-0.4, -0.2) is 60.1 Å². The first-order valence-corrected chi connectivity index (χ1v) is 11.3. The van der Waals surface area contributed by atoms with Gasteiger partial charge in [-0.15, -0.1) is 0 Å². The zero-order valence-electron chi connectivity index (χ0n) is 15.1. The molecule has 0 saturated carbocycles. The Bertz CT molecular complexity index is 835. The van der Waals surface area contributed by atoms with Crippen molar-refractivity contribution in [1.29, 1.82) is 0 Å². The van der Waals surface area contributed by atoms with E-state index in [1.807, 2.05) is 16.9 Å². The highest BCUT2D eigenvalue weighted by Crippen LogP contribution is 2.27. The van der Waals surface area contributed by atoms with E-state index in [0.29, 0.717) is 18.1 Å². The molecule has 1 aliphatic heterocycles. The van der Waals surface area contributed by atoms with Crippen molar-refractivity contribution in [2.75, 3.05) is 32.7 Å². The van der Waals surface area contributed by atoms with Gasteiger partial charge in [-0.05, 0) is 43.7 Å². The van der Waals surface area contributed by atoms with E-state index in [-0.39, 0.29) is 9.92 Å². The number of benzene rings is 1. The molecule has 0 N–H and O–H groups in total. The number of hydrogen-bond acceptors (Lipinski definition) is 4. The van der Waals surface area contributed by atoms with Crippen LogP contribution in [0, 0.1) is 0 Å². The molecule has 0 aliphatic carbocycles. The first-order chi connectivity index (χ1) is 13.0. The van der Waals surface area contributed by atoms with Gasteiger partial charge in [-0.3, -0.25) is 4.68 Å². The van der Waals surface area contributed by atoms with Crippen molar-refractivity contribution < 1.29 is 8.42 Å². The highest BCUT2D eigenvalue weighted by Gasteiger charge is 2.28. The van der Waals surface area contributed by atoms with Gasteiger partial charge in [0.15, 0.2) is 0 Å². The van der Waals surface area contributed by atoms with Crippen LogP contribution in [0.25, 0.3) is 0 Å². The summed E-state index contributed by atoms with van der Waals surface area (Å²) in [5.41, 5.74) is 0. The van der Waals surface area contributed by atoms with E-state index in [4.69, 9.17) is 23.2 Å². The van der Waals surface area contributed by atoms with Gasteiger partial charge in [0.1, 0.15) is 0 Å². The second kappa shape index (κ2) is 9.39. The highest BCUT2D eigenvalue weighted by molar-refractivity contribution is 7.89. The van der Waals surface area contributed by atoms with Gasteiger partial charge in [0.25, 0.3) is 0 Å². The molecule has 9 heteroatoms. The molecule has 0 atom stereocenters. The molecule has 1 aromatic carbocycles. The van der Waals surface area contributed by atoms with Gasteiger partial charge in [0.05, 0.1) is 14.9 Å². The Morgan fingerprint density at radius 2 is 1.70 bits per heavy atom. The van der Waals surface area contributed by atoms with Crippen molar-refractivity contribution in [3.8, 4) is 0 Å². The number of rotatable bonds is 8. The maximum Gasteiger partial charge on any atom is 0.243 e. The molecule has 1 saturated heterocycles. The van der Waals surface area contributed by atoms with Crippen molar-refractivity contribution in [2.24, 2.45) is 0 Å². The van der Waals surface area contributed by atoms with Crippen molar-refractivity contribution in [3.05, 3.63) is 46.7 Å². The van der Waals surface area contributed by atoms with E-state index in [9.17, 15) is 8.42 Å². The molecule has 148 valence electrons. The molecule has 27 heavy (non-hydrogen) atoms. The Kier molecular flexibility index (Phi) is 7.16. The summed E-state index contributed by atoms with van der Waals surface area (Å²) in [6, 6.07) is 6.39. The SMILES string of the molecule is O=S(=O)(c1ccc(Cl)c(Cl)c1)N1CCN(CCCCCn2cccn2)CC1. The number of unbranched alkanes of at least 4 members (excludes halogenated alkanes) is 2. The third-order valence-electron chi connectivity index (χ3n) is 4.78. The lowest BCUT2D eigenvalue weighted by Gasteiger charge is -2.34. The van der Waals surface area contributed by atoms with Crippen LogP contribution in [-0.2, 0) is 16.6 Å². The summed E-state index contributed by atoms with van der Waals surface area (Å²) < 4.78 is 29.0. The number of piperazine rings is 1. The van der Waals surface area contributed by atoms with Gasteiger partial charge in [0.2, 0.25) is 10.0 Å². The van der Waals surface area contributed by atoms with Crippen LogP contribution in [0.1, 0.15) is 19.3 Å². The van der Waals surface area contributed by atoms with E-state index < -0.39 is 10.0 Å². The van der Waals surface area contributed by atoms with Crippen LogP contribution >= 0.6 is 23.2 Å². The van der Waals surface area contributed by atoms with Crippen molar-refractivity contribution in [2.45, 2.75) is 30.7 Å². The fraction of sp³-hybridized carbons (Fsp3) is 0.500. The van der Waals surface area contributed by atoms with Crippen molar-refractivity contribution in [3.63, 3.8) is 0 Å². The van der Waals surface area contributed by atoms with Gasteiger partial charge in [0, 0.05) is 45.1 Å². The lowest BCUT2D eigenvalue weighted by molar-refractivity contribution is 0.185. The maximum absolute atomic E-state index is 12.8. The molecule has 3 rings (SSSR count). The highest BCUT2D eigenvalue weighted by atomic mass is 35.5. The van der Waals surface area contributed by atoms with Gasteiger partial charge in [-0.25, -0.2) is 8.42 Å². The lowest BCUT2D eigenvalue weighted by atomic mass is 10.2. The van der Waals surface area contributed by atoms with Crippen molar-refractivity contribution in [1.82, 2.24) is 19.0 Å². The molecule has 0 unspecified atom stereocenters. The Morgan fingerprint density at radius 3 is 2.37 bits per heavy atom. The molecule has 1 aromatic heterocycles. The number of hydrogen-bond donors (Lipinski definition) is 0. The van der Waals surface area contributed by atoms with Crippen LogP contribution in [0.4, 0.5) is 0 Å². The summed E-state index contributed by atoms with van der Waals surface area (Å²) >= 11 is 11.9. The largest absolute Gasteiger partial charge is 0.301 e. The number of halogens is 2. The first-order valence-electron chi connectivity index (χ1n) is 9.12. The summed E-state index contributed by atoms with van der Waals surface area (Å²) in [7, 11) is -3.53. The number of sulfonamides is 1. The molecule has 6 nitrogen and oxygen atoms in total. The quantitative estimate of drug-likeness (QED) is 0.602. The summed E-state index contributed by atoms with van der Waals surface area (Å²) in [5.74, 6) is 0. The maximum atomic E-state index is 12.8. The number of aromatic nitrogens is 2. The summed E-state index contributed by atoms with van der Waals surface area (Å²) in [4.78, 5) is 2.53. The minimum atomic E-state index is -3.53. The van der Waals surface area contributed by atoms with Gasteiger partial charge in [-0.1, -0.05) is 29.6 Å². The fourth-order valence-corrected chi connectivity index (χ4v) is 5.01. The Balaban J connectivity index is 1.42. The zero-order chi connectivity index (χ0) is 19.3. The van der Waals surface area contributed by atoms with Gasteiger partial charge >= 0.3 is 0 Å². The molecule has 0 spiro atoms. The standard InChI is InChI=1S/C18H24Cl2N4O2S/c19-17-6-5-16(15-18(17)20)27(25,26)24-13-11-22(12-14-24)8-2-1-3-9-23-10-4-7-21-23/h4-7,10,15H,1-3,8-9,11-14H2. The predicted octanol–water partition coefficient (Wildman–Crippen LogP) is 3.37. The first kappa shape index (κ1) is 20.6. The number of aryl methyl sites for hydroxylation is 1. The summed E-state index contributed by atoms with van der Waals surface area (Å²) in [6.45, 7) is 4.44. The van der Waals surface area contributed by atoms with E-state index >= 15 is 0 Å². The molecule has 2 aromatic rings. The van der Waals surface area contributed by atoms with E-state index in [1.54, 1.807) is 6.20 Å². The van der Waals surface area contributed by atoms with E-state index in [1.165, 1.54) is 22.5 Å². The van der Waals surface area contributed by atoms with Crippen molar-refractivity contribution >= 4 is 33.2 Å². The minimum Gasteiger partial charge on any atom is -0.301 e. The van der Waals surface area contributed by atoms with Crippen LogP contribution in [0.3, 0.4) is 0 Å². The average molecular weight is 431 g/mol. The zero-order valence-corrected chi connectivity index (χ0v) is 17.4. The van der Waals surface area contributed by atoms with Gasteiger partial charge < -0.3 is 4.90 Å². The molecule has 1 fully saturated rings. The van der Waals surface area contributed by atoms with E-state index in [0.717, 1.165) is 45.4 Å². The predicted molar refractivity (Wildman–Crippen MR) is 108 cm³/mol. The van der Waals surface area contributed by atoms with Crippen LogP contribution in [0.2, 0.25) is 10.0 Å². The molecule has 2 heterocycles. The molecule has 0 amide bonds. The topological polar surface area (TPSA) is 58.4 Å². The van der Waals surface area contributed by atoms with Gasteiger partial charge in [-0.2, -0.15) is 9.40 Å². The Labute approximate surface area is 170 Å². The fourth-order valence-electron chi connectivity index (χ4n) is 3.20. The van der Waals surface area contributed by atoms with Crippen LogP contribution in [0.5, 0.6) is 0 Å². The molecule has 1 aliphatic rings.